The van der Waals surface area contributed by atoms with Gasteiger partial charge in [-0.25, -0.2) is 0 Å². The van der Waals surface area contributed by atoms with Crippen LogP contribution < -0.4 is 4.74 Å². The van der Waals surface area contributed by atoms with Gasteiger partial charge in [-0.05, 0) is 30.3 Å². The summed E-state index contributed by atoms with van der Waals surface area (Å²) in [6.07, 6.45) is 0. The van der Waals surface area contributed by atoms with Crippen LogP contribution in [-0.2, 0) is 0 Å². The van der Waals surface area contributed by atoms with E-state index in [9.17, 15) is 14.9 Å². The molecular formula is C14H10ClNO4. The number of para-hydroxylation sites is 2. The molecule has 0 aromatic heterocycles. The molecule has 0 amide bonds. The minimum atomic E-state index is -0.553. The maximum atomic E-state index is 11.9. The van der Waals surface area contributed by atoms with Crippen LogP contribution in [0, 0.1) is 10.1 Å². The monoisotopic (exact) mass is 291 g/mol. The predicted molar refractivity (Wildman–Crippen MR) is 74.4 cm³/mol. The minimum Gasteiger partial charge on any atom is -0.478 e. The van der Waals surface area contributed by atoms with Crippen LogP contribution in [0.3, 0.4) is 0 Å². The molecule has 0 aliphatic rings. The number of Topliss-reactive ketones (excluding diaryl/α,β-unsaturated/α-hetero) is 1. The molecule has 102 valence electrons. The molecule has 0 atom stereocenters. The van der Waals surface area contributed by atoms with E-state index < -0.39 is 4.92 Å². The van der Waals surface area contributed by atoms with E-state index in [1.807, 2.05) is 0 Å². The Morgan fingerprint density at radius 1 is 1.15 bits per heavy atom. The lowest BCUT2D eigenvalue weighted by Crippen LogP contribution is -2.12. The molecule has 0 saturated heterocycles. The molecule has 2 rings (SSSR count). The van der Waals surface area contributed by atoms with Crippen molar-refractivity contribution in [3.05, 3.63) is 69.2 Å². The molecule has 0 aliphatic carbocycles. The lowest BCUT2D eigenvalue weighted by molar-refractivity contribution is -0.385. The van der Waals surface area contributed by atoms with Crippen molar-refractivity contribution in [3.8, 4) is 5.75 Å². The summed E-state index contributed by atoms with van der Waals surface area (Å²) in [5, 5.41) is 11.3. The minimum absolute atomic E-state index is 0.0693. The third-order valence-electron chi connectivity index (χ3n) is 2.59. The Labute approximate surface area is 119 Å². The van der Waals surface area contributed by atoms with E-state index in [0.717, 1.165) is 0 Å². The van der Waals surface area contributed by atoms with Crippen molar-refractivity contribution in [1.82, 2.24) is 0 Å². The second-order valence-corrected chi connectivity index (χ2v) is 4.38. The number of benzene rings is 2. The highest BCUT2D eigenvalue weighted by Crippen LogP contribution is 2.25. The van der Waals surface area contributed by atoms with Gasteiger partial charge in [0.15, 0.2) is 18.1 Å². The lowest BCUT2D eigenvalue weighted by atomic mass is 10.1. The lowest BCUT2D eigenvalue weighted by Gasteiger charge is -2.06. The van der Waals surface area contributed by atoms with Gasteiger partial charge in [0, 0.05) is 16.7 Å². The van der Waals surface area contributed by atoms with Gasteiger partial charge in [-0.1, -0.05) is 23.7 Å². The summed E-state index contributed by atoms with van der Waals surface area (Å²) in [5.74, 6) is -0.209. The fraction of sp³-hybridized carbons (Fsp3) is 0.0714. The first-order valence-corrected chi connectivity index (χ1v) is 6.10. The van der Waals surface area contributed by atoms with E-state index >= 15 is 0 Å². The van der Waals surface area contributed by atoms with Crippen molar-refractivity contribution < 1.29 is 14.5 Å². The molecule has 20 heavy (non-hydrogen) atoms. The Balaban J connectivity index is 2.07. The number of carbonyl (C=O) groups is 1. The molecule has 0 unspecified atom stereocenters. The number of hydrogen-bond acceptors (Lipinski definition) is 4. The highest BCUT2D eigenvalue weighted by atomic mass is 35.5. The van der Waals surface area contributed by atoms with Crippen molar-refractivity contribution in [1.29, 1.82) is 0 Å². The van der Waals surface area contributed by atoms with Gasteiger partial charge in [-0.15, -0.1) is 0 Å². The van der Waals surface area contributed by atoms with E-state index in [1.165, 1.54) is 18.2 Å². The number of carbonyl (C=O) groups excluding carboxylic acids is 1. The van der Waals surface area contributed by atoms with Gasteiger partial charge in [0.2, 0.25) is 0 Å². The maximum absolute atomic E-state index is 11.9. The molecule has 0 radical (unpaired) electrons. The van der Waals surface area contributed by atoms with Gasteiger partial charge in [0.25, 0.3) is 0 Å². The highest BCUT2D eigenvalue weighted by molar-refractivity contribution is 6.30. The highest BCUT2D eigenvalue weighted by Gasteiger charge is 2.15. The Hall–Kier alpha value is -2.40. The molecule has 0 spiro atoms. The van der Waals surface area contributed by atoms with Crippen LogP contribution in [0.1, 0.15) is 10.4 Å². The second-order valence-electron chi connectivity index (χ2n) is 3.94. The number of hydrogen-bond donors (Lipinski definition) is 0. The van der Waals surface area contributed by atoms with Crippen LogP contribution in [0.25, 0.3) is 0 Å². The van der Waals surface area contributed by atoms with Gasteiger partial charge in [0.1, 0.15) is 0 Å². The van der Waals surface area contributed by atoms with Crippen LogP contribution in [0.5, 0.6) is 5.75 Å². The molecule has 6 heteroatoms. The van der Waals surface area contributed by atoms with Crippen molar-refractivity contribution >= 4 is 23.1 Å². The summed E-state index contributed by atoms with van der Waals surface area (Å²) in [4.78, 5) is 22.1. The average molecular weight is 292 g/mol. The van der Waals surface area contributed by atoms with Gasteiger partial charge in [-0.2, -0.15) is 0 Å². The largest absolute Gasteiger partial charge is 0.478 e. The summed E-state index contributed by atoms with van der Waals surface area (Å²) in [7, 11) is 0. The molecule has 0 N–H and O–H groups in total. The van der Waals surface area contributed by atoms with Crippen molar-refractivity contribution in [2.24, 2.45) is 0 Å². The fourth-order valence-corrected chi connectivity index (χ4v) is 1.72. The first-order chi connectivity index (χ1) is 9.58. The Morgan fingerprint density at radius 3 is 2.45 bits per heavy atom. The number of nitrogens with zero attached hydrogens (tertiary/aromatic N) is 1. The molecule has 0 bridgehead atoms. The Morgan fingerprint density at radius 2 is 1.80 bits per heavy atom. The fourth-order valence-electron chi connectivity index (χ4n) is 1.59. The maximum Gasteiger partial charge on any atom is 0.310 e. The van der Waals surface area contributed by atoms with Crippen LogP contribution in [0.15, 0.2) is 48.5 Å². The zero-order valence-corrected chi connectivity index (χ0v) is 11.0. The second kappa shape index (κ2) is 6.16. The average Bonchev–Trinajstić information content (AvgIpc) is 2.45. The van der Waals surface area contributed by atoms with Crippen LogP contribution >= 0.6 is 11.6 Å². The molecule has 0 heterocycles. The first kappa shape index (κ1) is 14.0. The SMILES string of the molecule is O=C(COc1ccccc1[N+](=O)[O-])c1ccc(Cl)cc1. The standard InChI is InChI=1S/C14H10ClNO4/c15-11-7-5-10(6-8-11)13(17)9-20-14-4-2-1-3-12(14)16(18)19/h1-8H,9H2. The predicted octanol–water partition coefficient (Wildman–Crippen LogP) is 3.51. The summed E-state index contributed by atoms with van der Waals surface area (Å²) in [5.41, 5.74) is 0.268. The number of rotatable bonds is 5. The van der Waals surface area contributed by atoms with Gasteiger partial charge in [0.05, 0.1) is 4.92 Å². The van der Waals surface area contributed by atoms with Gasteiger partial charge in [-0.3, -0.25) is 14.9 Å². The van der Waals surface area contributed by atoms with E-state index in [0.29, 0.717) is 10.6 Å². The van der Waals surface area contributed by atoms with E-state index in [2.05, 4.69) is 0 Å². The molecular weight excluding hydrogens is 282 g/mol. The zero-order chi connectivity index (χ0) is 14.5. The Kier molecular flexibility index (Phi) is 4.32. The van der Waals surface area contributed by atoms with E-state index in [-0.39, 0.29) is 23.8 Å². The number of halogens is 1. The molecule has 0 saturated carbocycles. The van der Waals surface area contributed by atoms with Crippen LogP contribution in [0.2, 0.25) is 5.02 Å². The van der Waals surface area contributed by atoms with Crippen LogP contribution in [0.4, 0.5) is 5.69 Å². The summed E-state index contributed by atoms with van der Waals surface area (Å²) in [6, 6.07) is 12.3. The zero-order valence-electron chi connectivity index (χ0n) is 10.3. The van der Waals surface area contributed by atoms with Crippen LogP contribution in [-0.4, -0.2) is 17.3 Å². The van der Waals surface area contributed by atoms with Gasteiger partial charge >= 0.3 is 5.69 Å². The molecule has 0 fully saturated rings. The smallest absolute Gasteiger partial charge is 0.310 e. The van der Waals surface area contributed by atoms with E-state index in [4.69, 9.17) is 16.3 Å². The quantitative estimate of drug-likeness (QED) is 0.480. The number of ether oxygens (including phenoxy) is 1. The summed E-state index contributed by atoms with van der Waals surface area (Å²) < 4.78 is 5.22. The molecule has 0 aliphatic heterocycles. The normalized spacial score (nSPS) is 10.1. The third-order valence-corrected chi connectivity index (χ3v) is 2.84. The first-order valence-electron chi connectivity index (χ1n) is 5.73. The van der Waals surface area contributed by atoms with Crippen molar-refractivity contribution in [2.45, 2.75) is 0 Å². The molecule has 2 aromatic carbocycles. The van der Waals surface area contributed by atoms with Crippen molar-refractivity contribution in [3.63, 3.8) is 0 Å². The Bertz CT molecular complexity index is 640. The topological polar surface area (TPSA) is 69.4 Å². The van der Waals surface area contributed by atoms with Crippen molar-refractivity contribution in [2.75, 3.05) is 6.61 Å². The molecule has 5 nitrogen and oxygen atoms in total. The third kappa shape index (κ3) is 3.33. The number of nitro benzene ring substituents is 1. The number of nitro groups is 1. The summed E-state index contributed by atoms with van der Waals surface area (Å²) >= 11 is 5.73. The van der Waals surface area contributed by atoms with Gasteiger partial charge < -0.3 is 4.74 Å². The van der Waals surface area contributed by atoms with E-state index in [1.54, 1.807) is 30.3 Å². The number of ketones is 1. The molecule has 2 aromatic rings. The summed E-state index contributed by atoms with van der Waals surface area (Å²) in [6.45, 7) is -0.271.